The summed E-state index contributed by atoms with van der Waals surface area (Å²) in [5.41, 5.74) is 1.03. The summed E-state index contributed by atoms with van der Waals surface area (Å²) in [6.07, 6.45) is 1.38. The smallest absolute Gasteiger partial charge is 0.137 e. The minimum atomic E-state index is -0.108. The quantitative estimate of drug-likeness (QED) is 0.577. The second-order valence-corrected chi connectivity index (χ2v) is 3.97. The second-order valence-electron chi connectivity index (χ2n) is 3.97. The Hall–Kier alpha value is -1.10. The van der Waals surface area contributed by atoms with Crippen LogP contribution in [0.2, 0.25) is 0 Å². The summed E-state index contributed by atoms with van der Waals surface area (Å²) in [5.74, 6) is 0.252. The van der Waals surface area contributed by atoms with Gasteiger partial charge in [-0.15, -0.1) is 0 Å². The summed E-state index contributed by atoms with van der Waals surface area (Å²) in [5, 5.41) is 8.85. The number of hydrogen-bond donors (Lipinski definition) is 0. The first-order chi connectivity index (χ1) is 6.06. The summed E-state index contributed by atoms with van der Waals surface area (Å²) >= 11 is 0. The van der Waals surface area contributed by atoms with Gasteiger partial charge in [0, 0.05) is 12.3 Å². The predicted octanol–water partition coefficient (Wildman–Crippen LogP) is 2.32. The van der Waals surface area contributed by atoms with Crippen LogP contribution in [0.25, 0.3) is 0 Å². The van der Waals surface area contributed by atoms with Gasteiger partial charge in [-0.3, -0.25) is 4.79 Å². The minimum absolute atomic E-state index is 0.0828. The maximum atomic E-state index is 11.5. The standard InChI is InChI=1S/C11H15NO/c1-7(2)9-4-10(6-12)8(3)11(13)5-9/h8-10H,1,4-5H2,2-3H3/t8-,9-,10+/m1/s1. The molecule has 1 aliphatic rings. The Morgan fingerprint density at radius 1 is 1.69 bits per heavy atom. The van der Waals surface area contributed by atoms with Gasteiger partial charge in [-0.05, 0) is 19.3 Å². The number of carbonyl (C=O) groups is 1. The van der Waals surface area contributed by atoms with Gasteiger partial charge in [0.25, 0.3) is 0 Å². The van der Waals surface area contributed by atoms with E-state index in [9.17, 15) is 4.79 Å². The molecule has 0 aliphatic heterocycles. The fourth-order valence-electron chi connectivity index (χ4n) is 1.79. The lowest BCUT2D eigenvalue weighted by Crippen LogP contribution is -2.30. The van der Waals surface area contributed by atoms with Crippen molar-refractivity contribution in [2.24, 2.45) is 17.8 Å². The van der Waals surface area contributed by atoms with Crippen molar-refractivity contribution >= 4 is 5.78 Å². The zero-order valence-electron chi connectivity index (χ0n) is 8.21. The molecule has 0 radical (unpaired) electrons. The van der Waals surface area contributed by atoms with Crippen LogP contribution in [0.1, 0.15) is 26.7 Å². The minimum Gasteiger partial charge on any atom is -0.299 e. The zero-order valence-corrected chi connectivity index (χ0v) is 8.21. The van der Waals surface area contributed by atoms with Gasteiger partial charge in [0.05, 0.1) is 12.0 Å². The van der Waals surface area contributed by atoms with E-state index in [0.717, 1.165) is 12.0 Å². The number of hydrogen-bond acceptors (Lipinski definition) is 2. The molecular formula is C11H15NO. The van der Waals surface area contributed by atoms with Crippen molar-refractivity contribution in [2.45, 2.75) is 26.7 Å². The predicted molar refractivity (Wildman–Crippen MR) is 50.8 cm³/mol. The van der Waals surface area contributed by atoms with Crippen LogP contribution >= 0.6 is 0 Å². The summed E-state index contributed by atoms with van der Waals surface area (Å²) in [7, 11) is 0. The Morgan fingerprint density at radius 3 is 2.77 bits per heavy atom. The molecular weight excluding hydrogens is 162 g/mol. The van der Waals surface area contributed by atoms with Gasteiger partial charge in [-0.1, -0.05) is 19.1 Å². The summed E-state index contributed by atoms with van der Waals surface area (Å²) in [4.78, 5) is 11.5. The molecule has 13 heavy (non-hydrogen) atoms. The Kier molecular flexibility index (Phi) is 2.87. The average Bonchev–Trinajstić information content (AvgIpc) is 2.09. The number of Topliss-reactive ketones (excluding diaryl/α,β-unsaturated/α-hetero) is 1. The van der Waals surface area contributed by atoms with E-state index in [-0.39, 0.29) is 23.5 Å². The van der Waals surface area contributed by atoms with Gasteiger partial charge in [0.1, 0.15) is 5.78 Å². The lowest BCUT2D eigenvalue weighted by molar-refractivity contribution is -0.126. The number of rotatable bonds is 1. The molecule has 0 aromatic heterocycles. The largest absolute Gasteiger partial charge is 0.299 e. The van der Waals surface area contributed by atoms with Gasteiger partial charge in [0.15, 0.2) is 0 Å². The van der Waals surface area contributed by atoms with Crippen LogP contribution in [0.15, 0.2) is 12.2 Å². The fourth-order valence-corrected chi connectivity index (χ4v) is 1.79. The van der Waals surface area contributed by atoms with Gasteiger partial charge in [-0.25, -0.2) is 0 Å². The molecule has 0 heterocycles. The first-order valence-electron chi connectivity index (χ1n) is 4.64. The molecule has 1 fully saturated rings. The second kappa shape index (κ2) is 3.74. The highest BCUT2D eigenvalue weighted by molar-refractivity contribution is 5.82. The number of nitriles is 1. The molecule has 3 atom stereocenters. The third kappa shape index (κ3) is 1.98. The molecule has 70 valence electrons. The molecule has 0 spiro atoms. The molecule has 0 bridgehead atoms. The van der Waals surface area contributed by atoms with E-state index in [1.807, 2.05) is 13.8 Å². The van der Waals surface area contributed by atoms with E-state index in [2.05, 4.69) is 12.6 Å². The third-order valence-electron chi connectivity index (χ3n) is 2.96. The van der Waals surface area contributed by atoms with Crippen LogP contribution < -0.4 is 0 Å². The van der Waals surface area contributed by atoms with Crippen molar-refractivity contribution < 1.29 is 4.79 Å². The molecule has 0 aromatic rings. The van der Waals surface area contributed by atoms with Crippen molar-refractivity contribution in [3.8, 4) is 6.07 Å². The normalized spacial score (nSPS) is 33.9. The first kappa shape index (κ1) is 9.98. The maximum Gasteiger partial charge on any atom is 0.137 e. The molecule has 2 nitrogen and oxygen atoms in total. The highest BCUT2D eigenvalue weighted by Crippen LogP contribution is 2.33. The van der Waals surface area contributed by atoms with E-state index in [4.69, 9.17) is 5.26 Å². The van der Waals surface area contributed by atoms with Crippen LogP contribution in [-0.2, 0) is 4.79 Å². The first-order valence-corrected chi connectivity index (χ1v) is 4.64. The fraction of sp³-hybridized carbons (Fsp3) is 0.636. The van der Waals surface area contributed by atoms with Crippen LogP contribution in [0.5, 0.6) is 0 Å². The van der Waals surface area contributed by atoms with Crippen LogP contribution in [-0.4, -0.2) is 5.78 Å². The Bertz CT molecular complexity index is 274. The molecule has 1 rings (SSSR count). The van der Waals surface area contributed by atoms with Gasteiger partial charge < -0.3 is 0 Å². The number of nitrogens with zero attached hydrogens (tertiary/aromatic N) is 1. The molecule has 0 unspecified atom stereocenters. The van der Waals surface area contributed by atoms with E-state index in [0.29, 0.717) is 6.42 Å². The summed E-state index contributed by atoms with van der Waals surface area (Å²) in [6.45, 7) is 7.63. The van der Waals surface area contributed by atoms with Gasteiger partial charge >= 0.3 is 0 Å². The van der Waals surface area contributed by atoms with Crippen molar-refractivity contribution in [1.29, 1.82) is 5.26 Å². The molecule has 0 saturated heterocycles. The van der Waals surface area contributed by atoms with E-state index in [1.54, 1.807) is 0 Å². The Morgan fingerprint density at radius 2 is 2.31 bits per heavy atom. The monoisotopic (exact) mass is 177 g/mol. The SMILES string of the molecule is C=C(C)[C@H]1CC(=O)[C@H](C)[C@H](C#N)C1. The molecule has 0 amide bonds. The maximum absolute atomic E-state index is 11.5. The molecule has 1 saturated carbocycles. The number of carbonyl (C=O) groups excluding carboxylic acids is 1. The van der Waals surface area contributed by atoms with Crippen LogP contribution in [0.3, 0.4) is 0 Å². The highest BCUT2D eigenvalue weighted by atomic mass is 16.1. The average molecular weight is 177 g/mol. The van der Waals surface area contributed by atoms with E-state index < -0.39 is 0 Å². The van der Waals surface area contributed by atoms with E-state index in [1.165, 1.54) is 0 Å². The third-order valence-corrected chi connectivity index (χ3v) is 2.96. The lowest BCUT2D eigenvalue weighted by Gasteiger charge is -2.29. The Balaban J connectivity index is 2.76. The zero-order chi connectivity index (χ0) is 10.0. The van der Waals surface area contributed by atoms with Crippen molar-refractivity contribution in [3.05, 3.63) is 12.2 Å². The van der Waals surface area contributed by atoms with Crippen LogP contribution in [0.4, 0.5) is 0 Å². The summed E-state index contributed by atoms with van der Waals surface area (Å²) < 4.78 is 0. The lowest BCUT2D eigenvalue weighted by atomic mass is 9.73. The van der Waals surface area contributed by atoms with Gasteiger partial charge in [-0.2, -0.15) is 5.26 Å². The Labute approximate surface area is 79.2 Å². The topological polar surface area (TPSA) is 40.9 Å². The molecule has 0 N–H and O–H groups in total. The van der Waals surface area contributed by atoms with Gasteiger partial charge in [0.2, 0.25) is 0 Å². The molecule has 0 aromatic carbocycles. The molecule has 2 heteroatoms. The summed E-state index contributed by atoms with van der Waals surface area (Å²) in [6, 6.07) is 2.21. The highest BCUT2D eigenvalue weighted by Gasteiger charge is 2.33. The van der Waals surface area contributed by atoms with Crippen molar-refractivity contribution in [3.63, 3.8) is 0 Å². The molecule has 1 aliphatic carbocycles. The van der Waals surface area contributed by atoms with E-state index >= 15 is 0 Å². The van der Waals surface area contributed by atoms with Crippen molar-refractivity contribution in [2.75, 3.05) is 0 Å². The van der Waals surface area contributed by atoms with Crippen molar-refractivity contribution in [1.82, 2.24) is 0 Å². The number of allylic oxidation sites excluding steroid dienone is 1. The van der Waals surface area contributed by atoms with Crippen LogP contribution in [0, 0.1) is 29.1 Å². The number of ketones is 1.